The van der Waals surface area contributed by atoms with E-state index in [4.69, 9.17) is 4.74 Å². The van der Waals surface area contributed by atoms with E-state index in [9.17, 15) is 0 Å². The molecule has 0 amide bonds. The van der Waals surface area contributed by atoms with Crippen molar-refractivity contribution < 1.29 is 4.74 Å². The highest BCUT2D eigenvalue weighted by Crippen LogP contribution is 2.27. The van der Waals surface area contributed by atoms with Crippen LogP contribution in [-0.2, 0) is 11.8 Å². The highest BCUT2D eigenvalue weighted by molar-refractivity contribution is 6.14. The van der Waals surface area contributed by atoms with Gasteiger partial charge in [0.15, 0.2) is 0 Å². The van der Waals surface area contributed by atoms with Crippen molar-refractivity contribution in [3.8, 4) is 0 Å². The summed E-state index contributed by atoms with van der Waals surface area (Å²) in [5.41, 5.74) is 2.87. The van der Waals surface area contributed by atoms with Crippen molar-refractivity contribution in [3.05, 3.63) is 36.1 Å². The van der Waals surface area contributed by atoms with Gasteiger partial charge in [-0.2, -0.15) is 5.10 Å². The van der Waals surface area contributed by atoms with E-state index in [1.807, 2.05) is 71.2 Å². The standard InChI is InChI=1S/C12H16N4O.2C2H6/c1-9(17-4)12-11(13-2)5-6-16(12)10-7-14-15(3)8-10;2*1-2/h5-8H,1-4H3;2*1-2H3/b12-9-,13-11?;;. The molecule has 1 aromatic heterocycles. The molecule has 118 valence electrons. The molecule has 0 fully saturated rings. The van der Waals surface area contributed by atoms with Gasteiger partial charge in [0.05, 0.1) is 24.7 Å². The average Bonchev–Trinajstić information content (AvgIpc) is 3.16. The van der Waals surface area contributed by atoms with Crippen LogP contribution in [0.3, 0.4) is 0 Å². The molecule has 0 saturated heterocycles. The minimum Gasteiger partial charge on any atom is -0.499 e. The van der Waals surface area contributed by atoms with E-state index >= 15 is 0 Å². The van der Waals surface area contributed by atoms with Gasteiger partial charge in [-0.1, -0.05) is 27.7 Å². The smallest absolute Gasteiger partial charge is 0.119 e. The number of ether oxygens (including phenoxy) is 1. The number of aromatic nitrogens is 2. The molecule has 0 saturated carbocycles. The molecule has 5 heteroatoms. The molecule has 0 spiro atoms. The lowest BCUT2D eigenvalue weighted by Gasteiger charge is -2.18. The van der Waals surface area contributed by atoms with Gasteiger partial charge in [0.1, 0.15) is 11.5 Å². The number of hydrogen-bond donors (Lipinski definition) is 0. The van der Waals surface area contributed by atoms with E-state index in [1.165, 1.54) is 0 Å². The summed E-state index contributed by atoms with van der Waals surface area (Å²) < 4.78 is 7.08. The Morgan fingerprint density at radius 2 is 1.86 bits per heavy atom. The lowest BCUT2D eigenvalue weighted by molar-refractivity contribution is 0.290. The molecule has 5 nitrogen and oxygen atoms in total. The zero-order chi connectivity index (χ0) is 16.4. The highest BCUT2D eigenvalue weighted by atomic mass is 16.5. The van der Waals surface area contributed by atoms with Crippen LogP contribution in [0.4, 0.5) is 5.69 Å². The Morgan fingerprint density at radius 1 is 1.24 bits per heavy atom. The summed E-state index contributed by atoms with van der Waals surface area (Å²) in [7, 11) is 5.33. The molecular weight excluding hydrogens is 264 g/mol. The number of hydrogen-bond acceptors (Lipinski definition) is 4. The Labute approximate surface area is 128 Å². The van der Waals surface area contributed by atoms with Crippen molar-refractivity contribution >= 4 is 11.4 Å². The van der Waals surface area contributed by atoms with Crippen molar-refractivity contribution in [3.63, 3.8) is 0 Å². The number of allylic oxidation sites excluding steroid dienone is 2. The fraction of sp³-hybridized carbons (Fsp3) is 0.500. The molecule has 1 aromatic rings. The first kappa shape index (κ1) is 19.0. The zero-order valence-electron chi connectivity index (χ0n) is 14.5. The minimum absolute atomic E-state index is 0.833. The maximum absolute atomic E-state index is 5.31. The van der Waals surface area contributed by atoms with Crippen LogP contribution in [0.2, 0.25) is 0 Å². The Morgan fingerprint density at radius 3 is 2.29 bits per heavy atom. The van der Waals surface area contributed by atoms with Crippen LogP contribution in [0.15, 0.2) is 41.1 Å². The van der Waals surface area contributed by atoms with Gasteiger partial charge in [0.2, 0.25) is 0 Å². The lowest BCUT2D eigenvalue weighted by Crippen LogP contribution is -2.17. The second-order valence-corrected chi connectivity index (χ2v) is 3.78. The van der Waals surface area contributed by atoms with Gasteiger partial charge in [0, 0.05) is 26.5 Å². The van der Waals surface area contributed by atoms with Crippen LogP contribution in [0.5, 0.6) is 0 Å². The number of aryl methyl sites for hydroxylation is 1. The van der Waals surface area contributed by atoms with Gasteiger partial charge in [0.25, 0.3) is 0 Å². The van der Waals surface area contributed by atoms with Crippen molar-refractivity contribution in [2.24, 2.45) is 12.0 Å². The molecule has 0 N–H and O–H groups in total. The Hall–Kier alpha value is -2.04. The number of rotatable bonds is 2. The fourth-order valence-corrected chi connectivity index (χ4v) is 1.80. The van der Waals surface area contributed by atoms with Crippen molar-refractivity contribution in [1.29, 1.82) is 0 Å². The predicted octanol–water partition coefficient (Wildman–Crippen LogP) is 3.75. The van der Waals surface area contributed by atoms with E-state index in [0.29, 0.717) is 0 Å². The van der Waals surface area contributed by atoms with E-state index in [-0.39, 0.29) is 0 Å². The molecule has 0 atom stereocenters. The van der Waals surface area contributed by atoms with Gasteiger partial charge < -0.3 is 9.64 Å². The first-order chi connectivity index (χ1) is 10.2. The third-order valence-electron chi connectivity index (χ3n) is 2.71. The third-order valence-corrected chi connectivity index (χ3v) is 2.71. The summed E-state index contributed by atoms with van der Waals surface area (Å²) in [6.07, 6.45) is 7.69. The van der Waals surface area contributed by atoms with Crippen molar-refractivity contribution in [1.82, 2.24) is 9.78 Å². The molecule has 0 aromatic carbocycles. The maximum atomic E-state index is 5.31. The minimum atomic E-state index is 0.833. The molecule has 0 unspecified atom stereocenters. The number of aliphatic imine (C=N–C) groups is 1. The van der Waals surface area contributed by atoms with Crippen molar-refractivity contribution in [2.75, 3.05) is 19.1 Å². The van der Waals surface area contributed by atoms with Gasteiger partial charge in [-0.25, -0.2) is 0 Å². The number of nitrogens with zero attached hydrogens (tertiary/aromatic N) is 4. The normalized spacial score (nSPS) is 17.0. The summed E-state index contributed by atoms with van der Waals surface area (Å²) in [5.74, 6) is 0.833. The summed E-state index contributed by atoms with van der Waals surface area (Å²) in [5, 5.41) is 4.17. The Balaban J connectivity index is 0.000000921. The van der Waals surface area contributed by atoms with Gasteiger partial charge >= 0.3 is 0 Å². The second-order valence-electron chi connectivity index (χ2n) is 3.78. The fourth-order valence-electron chi connectivity index (χ4n) is 1.80. The van der Waals surface area contributed by atoms with Crippen LogP contribution in [-0.4, -0.2) is 29.6 Å². The molecule has 1 aliphatic rings. The molecule has 0 aliphatic carbocycles. The first-order valence-corrected chi connectivity index (χ1v) is 7.35. The van der Waals surface area contributed by atoms with Crippen LogP contribution < -0.4 is 4.90 Å². The van der Waals surface area contributed by atoms with E-state index in [0.717, 1.165) is 22.9 Å². The summed E-state index contributed by atoms with van der Waals surface area (Å²) in [4.78, 5) is 6.27. The SMILES string of the molecule is CC.CC.CN=C1C=CN(c2cnn(C)c2)/C1=C(/C)OC. The monoisotopic (exact) mass is 292 g/mol. The van der Waals surface area contributed by atoms with Gasteiger partial charge in [-0.3, -0.25) is 9.67 Å². The Bertz CT molecular complexity index is 512. The molecule has 0 radical (unpaired) electrons. The molecule has 0 bridgehead atoms. The number of anilines is 1. The molecular formula is C16H28N4O. The molecule has 21 heavy (non-hydrogen) atoms. The molecule has 2 rings (SSSR count). The topological polar surface area (TPSA) is 42.7 Å². The van der Waals surface area contributed by atoms with Gasteiger partial charge in [-0.05, 0) is 13.0 Å². The molecule has 2 heterocycles. The van der Waals surface area contributed by atoms with E-state index in [1.54, 1.807) is 18.8 Å². The van der Waals surface area contributed by atoms with Crippen LogP contribution >= 0.6 is 0 Å². The quantitative estimate of drug-likeness (QED) is 0.780. The van der Waals surface area contributed by atoms with Crippen LogP contribution in [0.25, 0.3) is 0 Å². The second kappa shape index (κ2) is 9.80. The Kier molecular flexibility index (Phi) is 8.85. The average molecular weight is 292 g/mol. The first-order valence-electron chi connectivity index (χ1n) is 7.35. The summed E-state index contributed by atoms with van der Waals surface area (Å²) >= 11 is 0. The van der Waals surface area contributed by atoms with E-state index in [2.05, 4.69) is 10.1 Å². The zero-order valence-corrected chi connectivity index (χ0v) is 14.5. The van der Waals surface area contributed by atoms with Crippen LogP contribution in [0.1, 0.15) is 34.6 Å². The lowest BCUT2D eigenvalue weighted by atomic mass is 10.2. The number of methoxy groups -OCH3 is 1. The molecule has 1 aliphatic heterocycles. The summed E-state index contributed by atoms with van der Waals surface area (Å²) in [6, 6.07) is 0. The predicted molar refractivity (Wildman–Crippen MR) is 90.6 cm³/mol. The third kappa shape index (κ3) is 4.48. The summed E-state index contributed by atoms with van der Waals surface area (Å²) in [6.45, 7) is 9.93. The van der Waals surface area contributed by atoms with Crippen LogP contribution in [0, 0.1) is 0 Å². The van der Waals surface area contributed by atoms with Gasteiger partial charge in [-0.15, -0.1) is 0 Å². The van der Waals surface area contributed by atoms with E-state index < -0.39 is 0 Å². The van der Waals surface area contributed by atoms with Crippen molar-refractivity contribution in [2.45, 2.75) is 34.6 Å². The maximum Gasteiger partial charge on any atom is 0.119 e. The largest absolute Gasteiger partial charge is 0.499 e. The highest BCUT2D eigenvalue weighted by Gasteiger charge is 2.23.